The Morgan fingerprint density at radius 3 is 2.29 bits per heavy atom. The van der Waals surface area contributed by atoms with E-state index < -0.39 is 5.97 Å². The standard InChI is InChI=1S/C33H39FN2O5S/c1-21(2)22-7-9-30-26(16-22)27(17-23-6-8-25(34)20-31(23)42-30)36-12-10-35(11-13-36)14-15-41-33(37)24-18-28(38-3)32(40-5)29(19-24)39-4/h6-9,16,18-21,27H,10-15,17H2,1-5H3/t27-/m0/s1. The van der Waals surface area contributed by atoms with Crippen LogP contribution in [0.25, 0.3) is 0 Å². The van der Waals surface area contributed by atoms with Crippen molar-refractivity contribution in [2.45, 2.75) is 42.0 Å². The number of hydrogen-bond acceptors (Lipinski definition) is 8. The van der Waals surface area contributed by atoms with E-state index in [0.29, 0.717) is 35.3 Å². The first-order valence-corrected chi connectivity index (χ1v) is 15.2. The molecule has 42 heavy (non-hydrogen) atoms. The zero-order valence-electron chi connectivity index (χ0n) is 24.9. The highest BCUT2D eigenvalue weighted by atomic mass is 32.2. The van der Waals surface area contributed by atoms with Gasteiger partial charge in [-0.3, -0.25) is 9.80 Å². The lowest BCUT2D eigenvalue weighted by molar-refractivity contribution is 0.0392. The van der Waals surface area contributed by atoms with E-state index in [4.69, 9.17) is 18.9 Å². The van der Waals surface area contributed by atoms with E-state index in [9.17, 15) is 9.18 Å². The predicted octanol–water partition coefficient (Wildman–Crippen LogP) is 6.20. The molecule has 5 rings (SSSR count). The topological polar surface area (TPSA) is 60.5 Å². The van der Waals surface area contributed by atoms with Gasteiger partial charge in [0.2, 0.25) is 5.75 Å². The lowest BCUT2D eigenvalue weighted by atomic mass is 9.93. The average molecular weight is 595 g/mol. The van der Waals surface area contributed by atoms with Gasteiger partial charge in [0, 0.05) is 48.6 Å². The van der Waals surface area contributed by atoms with Gasteiger partial charge in [-0.15, -0.1) is 0 Å². The number of piperazine rings is 1. The zero-order valence-corrected chi connectivity index (χ0v) is 25.8. The van der Waals surface area contributed by atoms with Crippen molar-refractivity contribution < 1.29 is 28.1 Å². The van der Waals surface area contributed by atoms with Crippen LogP contribution in [0.1, 0.15) is 52.9 Å². The van der Waals surface area contributed by atoms with Gasteiger partial charge in [-0.1, -0.05) is 43.8 Å². The first-order valence-electron chi connectivity index (χ1n) is 14.3. The molecule has 2 aliphatic rings. The summed E-state index contributed by atoms with van der Waals surface area (Å²) in [6.45, 7) is 8.93. The molecule has 0 radical (unpaired) electrons. The zero-order chi connectivity index (χ0) is 29.8. The number of fused-ring (bicyclic) bond motifs is 2. The molecule has 7 nitrogen and oxygen atoms in total. The SMILES string of the molecule is COc1cc(C(=O)OCCN2CCN([C@H]3Cc4ccc(F)cc4Sc4ccc(C(C)C)cc43)CC2)cc(OC)c1OC. The number of hydrogen-bond donors (Lipinski definition) is 0. The van der Waals surface area contributed by atoms with Crippen LogP contribution < -0.4 is 14.2 Å². The molecular formula is C33H39FN2O5S. The molecule has 1 atom stereocenters. The van der Waals surface area contributed by atoms with Crippen LogP contribution in [0.2, 0.25) is 0 Å². The summed E-state index contributed by atoms with van der Waals surface area (Å²) in [5, 5.41) is 0. The summed E-state index contributed by atoms with van der Waals surface area (Å²) in [6.07, 6.45) is 0.851. The summed E-state index contributed by atoms with van der Waals surface area (Å²) in [5.41, 5.74) is 4.19. The smallest absolute Gasteiger partial charge is 0.338 e. The molecule has 2 aliphatic heterocycles. The fourth-order valence-corrected chi connectivity index (χ4v) is 6.82. The average Bonchev–Trinajstić information content (AvgIpc) is 3.16. The first-order chi connectivity index (χ1) is 20.3. The van der Waals surface area contributed by atoms with Gasteiger partial charge in [0.05, 0.1) is 26.9 Å². The van der Waals surface area contributed by atoms with Crippen LogP contribution in [-0.2, 0) is 11.2 Å². The number of ether oxygens (including phenoxy) is 4. The third-order valence-corrected chi connectivity index (χ3v) is 9.30. The van der Waals surface area contributed by atoms with Crippen molar-refractivity contribution in [3.05, 3.63) is 76.6 Å². The summed E-state index contributed by atoms with van der Waals surface area (Å²) < 4.78 is 35.8. The Morgan fingerprint density at radius 1 is 0.929 bits per heavy atom. The lowest BCUT2D eigenvalue weighted by Gasteiger charge is -2.39. The molecule has 0 spiro atoms. The third kappa shape index (κ3) is 6.53. The van der Waals surface area contributed by atoms with Crippen LogP contribution in [0.15, 0.2) is 58.3 Å². The second-order valence-electron chi connectivity index (χ2n) is 11.0. The largest absolute Gasteiger partial charge is 0.493 e. The summed E-state index contributed by atoms with van der Waals surface area (Å²) in [4.78, 5) is 19.9. The molecule has 1 fully saturated rings. The molecule has 0 aliphatic carbocycles. The molecule has 9 heteroatoms. The van der Waals surface area contributed by atoms with Gasteiger partial charge >= 0.3 is 5.97 Å². The Morgan fingerprint density at radius 2 is 1.64 bits per heavy atom. The van der Waals surface area contributed by atoms with Crippen molar-refractivity contribution >= 4 is 17.7 Å². The number of rotatable bonds is 9. The molecule has 1 saturated heterocycles. The molecule has 0 aromatic heterocycles. The molecule has 3 aromatic carbocycles. The lowest BCUT2D eigenvalue weighted by Crippen LogP contribution is -2.48. The number of methoxy groups -OCH3 is 3. The number of carbonyl (C=O) groups excluding carboxylic acids is 1. The summed E-state index contributed by atoms with van der Waals surface area (Å²) in [6, 6.07) is 15.4. The van der Waals surface area contributed by atoms with Gasteiger partial charge in [-0.25, -0.2) is 9.18 Å². The Balaban J connectivity index is 1.22. The Bertz CT molecular complexity index is 1400. The van der Waals surface area contributed by atoms with Crippen molar-refractivity contribution in [2.24, 2.45) is 0 Å². The van der Waals surface area contributed by atoms with Gasteiger partial charge in [-0.05, 0) is 59.4 Å². The summed E-state index contributed by atoms with van der Waals surface area (Å²) in [7, 11) is 4.55. The molecule has 0 bridgehead atoms. The van der Waals surface area contributed by atoms with Crippen molar-refractivity contribution in [3.8, 4) is 17.2 Å². The van der Waals surface area contributed by atoms with Crippen molar-refractivity contribution in [1.82, 2.24) is 9.80 Å². The van der Waals surface area contributed by atoms with Crippen LogP contribution >= 0.6 is 11.8 Å². The maximum Gasteiger partial charge on any atom is 0.338 e. The quantitative estimate of drug-likeness (QED) is 0.272. The van der Waals surface area contributed by atoms with Crippen LogP contribution in [0, 0.1) is 5.82 Å². The van der Waals surface area contributed by atoms with Gasteiger partial charge in [0.15, 0.2) is 11.5 Å². The van der Waals surface area contributed by atoms with Crippen molar-refractivity contribution in [1.29, 1.82) is 0 Å². The highest BCUT2D eigenvalue weighted by Gasteiger charge is 2.31. The highest BCUT2D eigenvalue weighted by molar-refractivity contribution is 7.99. The second kappa shape index (κ2) is 13.4. The van der Waals surface area contributed by atoms with Gasteiger partial charge in [-0.2, -0.15) is 0 Å². The monoisotopic (exact) mass is 594 g/mol. The maximum atomic E-state index is 14.1. The van der Waals surface area contributed by atoms with E-state index >= 15 is 0 Å². The Hall–Kier alpha value is -3.27. The number of halogens is 1. The first kappa shape index (κ1) is 30.2. The highest BCUT2D eigenvalue weighted by Crippen LogP contribution is 2.44. The van der Waals surface area contributed by atoms with Gasteiger partial charge in [0.1, 0.15) is 12.4 Å². The Labute approximate surface area is 251 Å². The molecule has 2 heterocycles. The van der Waals surface area contributed by atoms with Crippen molar-refractivity contribution in [3.63, 3.8) is 0 Å². The maximum absolute atomic E-state index is 14.1. The van der Waals surface area contributed by atoms with E-state index in [-0.39, 0.29) is 18.5 Å². The van der Waals surface area contributed by atoms with Crippen LogP contribution in [0.5, 0.6) is 17.2 Å². The Kier molecular flexibility index (Phi) is 9.60. The van der Waals surface area contributed by atoms with E-state index in [2.05, 4.69) is 41.8 Å². The fraction of sp³-hybridized carbons (Fsp3) is 0.424. The normalized spacial score (nSPS) is 17.3. The molecule has 0 unspecified atom stereocenters. The second-order valence-corrected chi connectivity index (χ2v) is 12.0. The molecule has 0 saturated carbocycles. The third-order valence-electron chi connectivity index (χ3n) is 8.11. The summed E-state index contributed by atoms with van der Waals surface area (Å²) in [5.74, 6) is 1.05. The minimum Gasteiger partial charge on any atom is -0.493 e. The van der Waals surface area contributed by atoms with E-state index in [1.807, 2.05) is 6.07 Å². The van der Waals surface area contributed by atoms with E-state index in [1.54, 1.807) is 36.0 Å². The van der Waals surface area contributed by atoms with Crippen molar-refractivity contribution in [2.75, 3.05) is 60.7 Å². The predicted molar refractivity (Wildman–Crippen MR) is 162 cm³/mol. The number of carbonyl (C=O) groups is 1. The van der Waals surface area contributed by atoms with E-state index in [0.717, 1.165) is 37.5 Å². The summed E-state index contributed by atoms with van der Waals surface area (Å²) >= 11 is 1.68. The minimum atomic E-state index is -0.434. The fourth-order valence-electron chi connectivity index (χ4n) is 5.68. The van der Waals surface area contributed by atoms with Crippen LogP contribution in [0.4, 0.5) is 4.39 Å². The molecule has 3 aromatic rings. The van der Waals surface area contributed by atoms with Crippen LogP contribution in [-0.4, -0.2) is 76.4 Å². The van der Waals surface area contributed by atoms with Crippen LogP contribution in [0.3, 0.4) is 0 Å². The van der Waals surface area contributed by atoms with E-state index in [1.165, 1.54) is 42.9 Å². The molecule has 0 N–H and O–H groups in total. The number of nitrogens with zero attached hydrogens (tertiary/aromatic N) is 2. The minimum absolute atomic E-state index is 0.195. The molecular weight excluding hydrogens is 555 g/mol. The molecule has 0 amide bonds. The number of benzene rings is 3. The van der Waals surface area contributed by atoms with Gasteiger partial charge < -0.3 is 18.9 Å². The molecule has 224 valence electrons. The van der Waals surface area contributed by atoms with Gasteiger partial charge in [0.25, 0.3) is 0 Å². The number of esters is 1.